The van der Waals surface area contributed by atoms with Crippen LogP contribution in [0.1, 0.15) is 42.5 Å². The highest BCUT2D eigenvalue weighted by atomic mass is 35.5. The highest BCUT2D eigenvalue weighted by molar-refractivity contribution is 6.33. The van der Waals surface area contributed by atoms with Gasteiger partial charge in [-0.2, -0.15) is 0 Å². The van der Waals surface area contributed by atoms with Gasteiger partial charge in [0.15, 0.2) is 5.78 Å². The molecule has 0 fully saturated rings. The average molecular weight is 255 g/mol. The summed E-state index contributed by atoms with van der Waals surface area (Å²) in [6.07, 6.45) is 2.66. The minimum atomic E-state index is -0.789. The first kappa shape index (κ1) is 13.7. The molecule has 1 rings (SSSR count). The molecular formula is C13H15ClO3. The van der Waals surface area contributed by atoms with E-state index in [1.165, 1.54) is 0 Å². The summed E-state index contributed by atoms with van der Waals surface area (Å²) >= 11 is 5.90. The van der Waals surface area contributed by atoms with Crippen LogP contribution in [0.25, 0.3) is 0 Å². The van der Waals surface area contributed by atoms with Crippen LogP contribution in [0.5, 0.6) is 0 Å². The predicted octanol–water partition coefficient (Wildman–Crippen LogP) is 3.56. The zero-order chi connectivity index (χ0) is 12.7. The van der Waals surface area contributed by atoms with Crippen molar-refractivity contribution in [2.24, 2.45) is 0 Å². The Morgan fingerprint density at radius 2 is 1.71 bits per heavy atom. The van der Waals surface area contributed by atoms with E-state index in [0.717, 1.165) is 6.42 Å². The van der Waals surface area contributed by atoms with Crippen LogP contribution in [0.2, 0.25) is 5.02 Å². The normalized spacial score (nSPS) is 10.2. The second-order valence-corrected chi connectivity index (χ2v) is 4.26. The third-order valence-electron chi connectivity index (χ3n) is 2.47. The predicted molar refractivity (Wildman–Crippen MR) is 66.5 cm³/mol. The standard InChI is InChI=1S/C13H15ClO3/c14-11-7-5-4-6-10(11)12(15)8-2-1-3-9-13(16)17/h4-7H,1-3,8-9H2,(H,16,17). The second kappa shape index (κ2) is 7.07. The van der Waals surface area contributed by atoms with Crippen LogP contribution in [-0.2, 0) is 4.79 Å². The molecule has 0 heterocycles. The largest absolute Gasteiger partial charge is 0.481 e. The van der Waals surface area contributed by atoms with Crippen LogP contribution >= 0.6 is 11.6 Å². The van der Waals surface area contributed by atoms with Gasteiger partial charge in [-0.25, -0.2) is 0 Å². The number of carboxylic acid groups (broad SMARTS) is 1. The summed E-state index contributed by atoms with van der Waals surface area (Å²) in [6.45, 7) is 0. The lowest BCUT2D eigenvalue weighted by atomic mass is 10.0. The van der Waals surface area contributed by atoms with Gasteiger partial charge in [-0.3, -0.25) is 9.59 Å². The molecule has 0 amide bonds. The summed E-state index contributed by atoms with van der Waals surface area (Å²) in [5.74, 6) is -0.770. The van der Waals surface area contributed by atoms with E-state index in [1.807, 2.05) is 0 Å². The molecule has 0 aliphatic rings. The molecular weight excluding hydrogens is 240 g/mol. The molecule has 0 radical (unpaired) electrons. The Balaban J connectivity index is 2.31. The van der Waals surface area contributed by atoms with Crippen LogP contribution in [0, 0.1) is 0 Å². The number of aliphatic carboxylic acids is 1. The van der Waals surface area contributed by atoms with Crippen molar-refractivity contribution in [2.75, 3.05) is 0 Å². The van der Waals surface area contributed by atoms with E-state index in [4.69, 9.17) is 16.7 Å². The molecule has 0 atom stereocenters. The first-order chi connectivity index (χ1) is 8.11. The molecule has 1 aromatic carbocycles. The molecule has 17 heavy (non-hydrogen) atoms. The number of hydrogen-bond donors (Lipinski definition) is 1. The third-order valence-corrected chi connectivity index (χ3v) is 2.80. The molecule has 0 saturated heterocycles. The number of carbonyl (C=O) groups is 2. The first-order valence-electron chi connectivity index (χ1n) is 5.61. The van der Waals surface area contributed by atoms with E-state index >= 15 is 0 Å². The maximum Gasteiger partial charge on any atom is 0.303 e. The molecule has 0 aliphatic heterocycles. The number of Topliss-reactive ketones (excluding diaryl/α,β-unsaturated/α-hetero) is 1. The first-order valence-corrected chi connectivity index (χ1v) is 5.98. The zero-order valence-corrected chi connectivity index (χ0v) is 10.2. The molecule has 0 spiro atoms. The van der Waals surface area contributed by atoms with Crippen LogP contribution in [0.15, 0.2) is 24.3 Å². The molecule has 0 aromatic heterocycles. The molecule has 92 valence electrons. The van der Waals surface area contributed by atoms with Gasteiger partial charge in [0.2, 0.25) is 0 Å². The number of hydrogen-bond acceptors (Lipinski definition) is 2. The Morgan fingerprint density at radius 3 is 2.35 bits per heavy atom. The van der Waals surface area contributed by atoms with Crippen molar-refractivity contribution in [2.45, 2.75) is 32.1 Å². The zero-order valence-electron chi connectivity index (χ0n) is 9.49. The molecule has 4 heteroatoms. The smallest absolute Gasteiger partial charge is 0.303 e. The number of halogens is 1. The maximum absolute atomic E-state index is 11.8. The summed E-state index contributed by atoms with van der Waals surface area (Å²) in [4.78, 5) is 22.0. The Morgan fingerprint density at radius 1 is 1.06 bits per heavy atom. The van der Waals surface area contributed by atoms with Crippen molar-refractivity contribution in [3.63, 3.8) is 0 Å². The van der Waals surface area contributed by atoms with Gasteiger partial charge >= 0.3 is 5.97 Å². The van der Waals surface area contributed by atoms with Crippen LogP contribution < -0.4 is 0 Å². The maximum atomic E-state index is 11.8. The topological polar surface area (TPSA) is 54.4 Å². The lowest BCUT2D eigenvalue weighted by molar-refractivity contribution is -0.137. The Labute approximate surface area is 105 Å². The van der Waals surface area contributed by atoms with E-state index in [9.17, 15) is 9.59 Å². The van der Waals surface area contributed by atoms with Crippen LogP contribution in [-0.4, -0.2) is 16.9 Å². The van der Waals surface area contributed by atoms with E-state index < -0.39 is 5.97 Å². The Bertz CT molecular complexity index is 401. The van der Waals surface area contributed by atoms with Gasteiger partial charge in [-0.15, -0.1) is 0 Å². The number of unbranched alkanes of at least 4 members (excludes halogenated alkanes) is 2. The molecule has 1 N–H and O–H groups in total. The van der Waals surface area contributed by atoms with Gasteiger partial charge in [0.05, 0.1) is 5.02 Å². The van der Waals surface area contributed by atoms with Gasteiger partial charge in [0.1, 0.15) is 0 Å². The van der Waals surface area contributed by atoms with Crippen LogP contribution in [0.3, 0.4) is 0 Å². The SMILES string of the molecule is O=C(O)CCCCCC(=O)c1ccccc1Cl. The highest BCUT2D eigenvalue weighted by Gasteiger charge is 2.08. The molecule has 3 nitrogen and oxygen atoms in total. The minimum absolute atomic E-state index is 0.0194. The summed E-state index contributed by atoms with van der Waals surface area (Å²) in [5, 5.41) is 8.93. The number of benzene rings is 1. The van der Waals surface area contributed by atoms with Gasteiger partial charge in [-0.05, 0) is 25.0 Å². The quantitative estimate of drug-likeness (QED) is 0.598. The van der Waals surface area contributed by atoms with Gasteiger partial charge in [0, 0.05) is 18.4 Å². The molecule has 1 aromatic rings. The summed E-state index contributed by atoms with van der Waals surface area (Å²) in [6, 6.07) is 6.97. The fraction of sp³-hybridized carbons (Fsp3) is 0.385. The number of carboxylic acids is 1. The lowest BCUT2D eigenvalue weighted by Gasteiger charge is -2.02. The summed E-state index contributed by atoms with van der Waals surface area (Å²) in [5.41, 5.74) is 0.549. The van der Waals surface area contributed by atoms with E-state index in [0.29, 0.717) is 29.8 Å². The third kappa shape index (κ3) is 5.00. The molecule has 0 aliphatic carbocycles. The average Bonchev–Trinajstić information content (AvgIpc) is 2.28. The van der Waals surface area contributed by atoms with Crippen LogP contribution in [0.4, 0.5) is 0 Å². The van der Waals surface area contributed by atoms with Gasteiger partial charge in [-0.1, -0.05) is 30.2 Å². The van der Waals surface area contributed by atoms with Crippen molar-refractivity contribution < 1.29 is 14.7 Å². The van der Waals surface area contributed by atoms with Crippen molar-refractivity contribution in [3.8, 4) is 0 Å². The van der Waals surface area contributed by atoms with Gasteiger partial charge in [0.25, 0.3) is 0 Å². The fourth-order valence-electron chi connectivity index (χ4n) is 1.56. The van der Waals surface area contributed by atoms with Crippen molar-refractivity contribution in [3.05, 3.63) is 34.9 Å². The molecule has 0 saturated carbocycles. The highest BCUT2D eigenvalue weighted by Crippen LogP contribution is 2.18. The Hall–Kier alpha value is -1.35. The van der Waals surface area contributed by atoms with Gasteiger partial charge < -0.3 is 5.11 Å². The summed E-state index contributed by atoms with van der Waals surface area (Å²) in [7, 11) is 0. The van der Waals surface area contributed by atoms with E-state index in [2.05, 4.69) is 0 Å². The van der Waals surface area contributed by atoms with Crippen molar-refractivity contribution in [1.82, 2.24) is 0 Å². The number of ketones is 1. The van der Waals surface area contributed by atoms with Crippen molar-refractivity contribution >= 4 is 23.4 Å². The molecule has 0 bridgehead atoms. The fourth-order valence-corrected chi connectivity index (χ4v) is 1.80. The Kier molecular flexibility index (Phi) is 5.70. The second-order valence-electron chi connectivity index (χ2n) is 3.86. The summed E-state index contributed by atoms with van der Waals surface area (Å²) < 4.78 is 0. The van der Waals surface area contributed by atoms with E-state index in [-0.39, 0.29) is 12.2 Å². The number of carbonyl (C=O) groups excluding carboxylic acids is 1. The minimum Gasteiger partial charge on any atom is -0.481 e. The molecule has 0 unspecified atom stereocenters. The lowest BCUT2D eigenvalue weighted by Crippen LogP contribution is -2.00. The number of rotatable bonds is 7. The van der Waals surface area contributed by atoms with E-state index in [1.54, 1.807) is 24.3 Å². The monoisotopic (exact) mass is 254 g/mol. The van der Waals surface area contributed by atoms with Crippen molar-refractivity contribution in [1.29, 1.82) is 0 Å².